The molecule has 0 heterocycles. The molecule has 19 heavy (non-hydrogen) atoms. The highest BCUT2D eigenvalue weighted by molar-refractivity contribution is 7.92. The van der Waals surface area contributed by atoms with Crippen molar-refractivity contribution < 1.29 is 23.1 Å². The number of carboxylic acid groups (broad SMARTS) is 1. The van der Waals surface area contributed by atoms with E-state index in [1.54, 1.807) is 0 Å². The fraction of sp³-hybridized carbons (Fsp3) is 0.417. The van der Waals surface area contributed by atoms with Crippen molar-refractivity contribution in [3.05, 3.63) is 23.8 Å². The van der Waals surface area contributed by atoms with Gasteiger partial charge < -0.3 is 9.84 Å². The maximum atomic E-state index is 11.8. The van der Waals surface area contributed by atoms with Gasteiger partial charge in [-0.25, -0.2) is 13.2 Å². The first kappa shape index (κ1) is 15.3. The number of unbranched alkanes of at least 4 members (excludes halogenated alkanes) is 1. The van der Waals surface area contributed by atoms with Crippen LogP contribution in [0.4, 0.5) is 5.69 Å². The number of sulfonamides is 1. The number of hydrogen-bond donors (Lipinski definition) is 2. The molecule has 0 amide bonds. The predicted molar refractivity (Wildman–Crippen MR) is 72.3 cm³/mol. The third-order valence-electron chi connectivity index (χ3n) is 2.48. The summed E-state index contributed by atoms with van der Waals surface area (Å²) < 4.78 is 31.0. The Labute approximate surface area is 112 Å². The molecule has 0 radical (unpaired) electrons. The van der Waals surface area contributed by atoms with E-state index >= 15 is 0 Å². The van der Waals surface area contributed by atoms with Crippen LogP contribution in [-0.4, -0.2) is 32.4 Å². The van der Waals surface area contributed by atoms with Crippen LogP contribution in [0.1, 0.15) is 30.1 Å². The number of methoxy groups -OCH3 is 1. The summed E-state index contributed by atoms with van der Waals surface area (Å²) in [5.41, 5.74) is 0.132. The van der Waals surface area contributed by atoms with Gasteiger partial charge in [-0.2, -0.15) is 0 Å². The maximum Gasteiger partial charge on any atom is 0.335 e. The topological polar surface area (TPSA) is 92.7 Å². The van der Waals surface area contributed by atoms with Gasteiger partial charge in [0.15, 0.2) is 0 Å². The van der Waals surface area contributed by atoms with E-state index in [1.165, 1.54) is 25.3 Å². The Bertz CT molecular complexity index is 553. The minimum absolute atomic E-state index is 0.00556. The molecule has 0 unspecified atom stereocenters. The molecule has 1 rings (SSSR count). The molecule has 0 aliphatic carbocycles. The molecule has 6 nitrogen and oxygen atoms in total. The van der Waals surface area contributed by atoms with Gasteiger partial charge in [0.25, 0.3) is 0 Å². The fourth-order valence-electron chi connectivity index (χ4n) is 1.47. The Morgan fingerprint density at radius 3 is 2.63 bits per heavy atom. The Morgan fingerprint density at radius 1 is 1.42 bits per heavy atom. The summed E-state index contributed by atoms with van der Waals surface area (Å²) in [4.78, 5) is 10.9. The zero-order valence-corrected chi connectivity index (χ0v) is 11.7. The Kier molecular flexibility index (Phi) is 5.17. The van der Waals surface area contributed by atoms with Crippen LogP contribution in [-0.2, 0) is 10.0 Å². The van der Waals surface area contributed by atoms with Crippen LogP contribution in [0.15, 0.2) is 18.2 Å². The number of rotatable bonds is 7. The number of hydrogen-bond acceptors (Lipinski definition) is 4. The lowest BCUT2D eigenvalue weighted by molar-refractivity contribution is 0.0697. The van der Waals surface area contributed by atoms with Crippen LogP contribution in [0.3, 0.4) is 0 Å². The Balaban J connectivity index is 3.04. The zero-order valence-electron chi connectivity index (χ0n) is 10.8. The standard InChI is InChI=1S/C12H17NO5S/c1-3-4-7-19(16,17)13-10-8-9(12(14)15)5-6-11(10)18-2/h5-6,8,13H,3-4,7H2,1-2H3,(H,14,15). The quantitative estimate of drug-likeness (QED) is 0.799. The number of nitrogens with one attached hydrogen (secondary N) is 1. The first-order valence-corrected chi connectivity index (χ1v) is 7.46. The average Bonchev–Trinajstić information content (AvgIpc) is 2.35. The van der Waals surface area contributed by atoms with Crippen LogP contribution >= 0.6 is 0 Å². The average molecular weight is 287 g/mol. The monoisotopic (exact) mass is 287 g/mol. The number of carbonyl (C=O) groups is 1. The van der Waals surface area contributed by atoms with Crippen molar-refractivity contribution in [3.8, 4) is 5.75 Å². The largest absolute Gasteiger partial charge is 0.495 e. The van der Waals surface area contributed by atoms with E-state index in [4.69, 9.17) is 9.84 Å². The molecule has 1 aromatic carbocycles. The van der Waals surface area contributed by atoms with Crippen LogP contribution in [0, 0.1) is 0 Å². The molecule has 1 aromatic rings. The first-order chi connectivity index (χ1) is 8.89. The molecular formula is C12H17NO5S. The number of anilines is 1. The summed E-state index contributed by atoms with van der Waals surface area (Å²) in [6.45, 7) is 1.89. The molecule has 0 saturated carbocycles. The van der Waals surface area contributed by atoms with E-state index in [9.17, 15) is 13.2 Å². The van der Waals surface area contributed by atoms with Gasteiger partial charge >= 0.3 is 5.97 Å². The van der Waals surface area contributed by atoms with E-state index in [0.29, 0.717) is 6.42 Å². The summed E-state index contributed by atoms with van der Waals surface area (Å²) in [5, 5.41) is 8.89. The lowest BCUT2D eigenvalue weighted by atomic mass is 10.2. The summed E-state index contributed by atoms with van der Waals surface area (Å²) in [6, 6.07) is 4.01. The third-order valence-corrected chi connectivity index (χ3v) is 3.84. The van der Waals surface area contributed by atoms with Gasteiger partial charge in [0, 0.05) is 0 Å². The van der Waals surface area contributed by atoms with Crippen molar-refractivity contribution >= 4 is 21.7 Å². The second-order valence-electron chi connectivity index (χ2n) is 3.99. The highest BCUT2D eigenvalue weighted by Crippen LogP contribution is 2.26. The second kappa shape index (κ2) is 6.42. The van der Waals surface area contributed by atoms with E-state index in [-0.39, 0.29) is 22.8 Å². The van der Waals surface area contributed by atoms with E-state index in [0.717, 1.165) is 6.42 Å². The van der Waals surface area contributed by atoms with Gasteiger partial charge in [0.1, 0.15) is 5.75 Å². The third kappa shape index (κ3) is 4.44. The number of aromatic carboxylic acids is 1. The van der Waals surface area contributed by atoms with Crippen molar-refractivity contribution in [1.82, 2.24) is 0 Å². The van der Waals surface area contributed by atoms with Gasteiger partial charge in [-0.05, 0) is 24.6 Å². The molecule has 0 aliphatic rings. The van der Waals surface area contributed by atoms with Crippen molar-refractivity contribution in [3.63, 3.8) is 0 Å². The summed E-state index contributed by atoms with van der Waals surface area (Å²) in [7, 11) is -2.11. The minimum Gasteiger partial charge on any atom is -0.495 e. The van der Waals surface area contributed by atoms with Gasteiger partial charge in [-0.15, -0.1) is 0 Å². The van der Waals surface area contributed by atoms with Crippen LogP contribution < -0.4 is 9.46 Å². The zero-order chi connectivity index (χ0) is 14.5. The molecule has 7 heteroatoms. The summed E-state index contributed by atoms with van der Waals surface area (Å²) >= 11 is 0. The molecule has 0 aromatic heterocycles. The lowest BCUT2D eigenvalue weighted by Gasteiger charge is -2.12. The first-order valence-electron chi connectivity index (χ1n) is 5.81. The molecule has 0 spiro atoms. The fourth-order valence-corrected chi connectivity index (χ4v) is 2.74. The van der Waals surface area contributed by atoms with Gasteiger partial charge in [0.2, 0.25) is 10.0 Å². The predicted octanol–water partition coefficient (Wildman–Crippen LogP) is 1.94. The molecule has 0 bridgehead atoms. The molecule has 0 saturated heterocycles. The van der Waals surface area contributed by atoms with E-state index < -0.39 is 16.0 Å². The lowest BCUT2D eigenvalue weighted by Crippen LogP contribution is -2.17. The normalized spacial score (nSPS) is 11.1. The highest BCUT2D eigenvalue weighted by Gasteiger charge is 2.15. The summed E-state index contributed by atoms with van der Waals surface area (Å²) in [6.07, 6.45) is 1.30. The van der Waals surface area contributed by atoms with Crippen molar-refractivity contribution in [2.24, 2.45) is 0 Å². The van der Waals surface area contributed by atoms with Crippen molar-refractivity contribution in [1.29, 1.82) is 0 Å². The smallest absolute Gasteiger partial charge is 0.335 e. The summed E-state index contributed by atoms with van der Waals surface area (Å²) in [5.74, 6) is -0.856. The maximum absolute atomic E-state index is 11.8. The molecule has 106 valence electrons. The minimum atomic E-state index is -3.49. The highest BCUT2D eigenvalue weighted by atomic mass is 32.2. The van der Waals surface area contributed by atoms with Crippen LogP contribution in [0.2, 0.25) is 0 Å². The van der Waals surface area contributed by atoms with Gasteiger partial charge in [0.05, 0.1) is 24.1 Å². The second-order valence-corrected chi connectivity index (χ2v) is 5.84. The SMILES string of the molecule is CCCCS(=O)(=O)Nc1cc(C(=O)O)ccc1OC. The van der Waals surface area contributed by atoms with Gasteiger partial charge in [-0.1, -0.05) is 13.3 Å². The van der Waals surface area contributed by atoms with Crippen LogP contribution in [0.25, 0.3) is 0 Å². The van der Waals surface area contributed by atoms with Crippen LogP contribution in [0.5, 0.6) is 5.75 Å². The molecule has 0 fully saturated rings. The Morgan fingerprint density at radius 2 is 2.11 bits per heavy atom. The number of ether oxygens (including phenoxy) is 1. The van der Waals surface area contributed by atoms with E-state index in [1.807, 2.05) is 6.92 Å². The number of carboxylic acids is 1. The molecule has 0 atom stereocenters. The van der Waals surface area contributed by atoms with Crippen molar-refractivity contribution in [2.75, 3.05) is 17.6 Å². The molecule has 0 aliphatic heterocycles. The van der Waals surface area contributed by atoms with Gasteiger partial charge in [-0.3, -0.25) is 4.72 Å². The molecular weight excluding hydrogens is 270 g/mol. The Hall–Kier alpha value is -1.76. The van der Waals surface area contributed by atoms with E-state index in [2.05, 4.69) is 4.72 Å². The molecule has 2 N–H and O–H groups in total. The number of benzene rings is 1. The van der Waals surface area contributed by atoms with Crippen molar-refractivity contribution in [2.45, 2.75) is 19.8 Å².